The van der Waals surface area contributed by atoms with Crippen LogP contribution in [0.25, 0.3) is 11.1 Å². The number of aromatic hydroxyl groups is 1. The minimum Gasteiger partial charge on any atom is -0.508 e. The summed E-state index contributed by atoms with van der Waals surface area (Å²) in [5, 5.41) is 9.53. The summed E-state index contributed by atoms with van der Waals surface area (Å²) in [6, 6.07) is 30.5. The third kappa shape index (κ3) is 5.05. The molecule has 206 valence electrons. The first kappa shape index (κ1) is 26.6. The third-order valence-electron chi connectivity index (χ3n) is 6.80. The Bertz CT molecular complexity index is 1950. The molecule has 9 heteroatoms. The predicted octanol–water partition coefficient (Wildman–Crippen LogP) is 6.20. The van der Waals surface area contributed by atoms with Crippen LogP contribution in [-0.2, 0) is 32.9 Å². The quantitative estimate of drug-likeness (QED) is 0.262. The molecule has 1 aliphatic rings. The van der Waals surface area contributed by atoms with Crippen molar-refractivity contribution in [3.63, 3.8) is 0 Å². The Hall–Kier alpha value is -4.60. The van der Waals surface area contributed by atoms with Crippen molar-refractivity contribution in [2.24, 2.45) is 0 Å². The minimum absolute atomic E-state index is 0.0241. The van der Waals surface area contributed by atoms with Gasteiger partial charge in [0.25, 0.3) is 0 Å². The van der Waals surface area contributed by atoms with Crippen LogP contribution in [0.1, 0.15) is 11.1 Å². The van der Waals surface area contributed by atoms with E-state index in [0.29, 0.717) is 11.1 Å². The number of hydrogen-bond acceptors (Lipinski definition) is 7. The Morgan fingerprint density at radius 3 is 1.73 bits per heavy atom. The van der Waals surface area contributed by atoms with E-state index in [-0.39, 0.29) is 50.0 Å². The summed E-state index contributed by atoms with van der Waals surface area (Å²) in [4.78, 5) is 0.230. The zero-order valence-corrected chi connectivity index (χ0v) is 23.2. The van der Waals surface area contributed by atoms with Crippen LogP contribution in [0.4, 0.5) is 0 Å². The van der Waals surface area contributed by atoms with Crippen LogP contribution >= 0.6 is 0 Å². The Kier molecular flexibility index (Phi) is 6.76. The fourth-order valence-corrected chi connectivity index (χ4v) is 7.36. The van der Waals surface area contributed by atoms with Crippen molar-refractivity contribution in [3.8, 4) is 28.4 Å². The van der Waals surface area contributed by atoms with Crippen molar-refractivity contribution in [2.45, 2.75) is 32.8 Å². The van der Waals surface area contributed by atoms with Crippen LogP contribution < -0.4 is 9.47 Å². The molecule has 0 saturated carbocycles. The lowest BCUT2D eigenvalue weighted by atomic mass is 10.0. The van der Waals surface area contributed by atoms with Gasteiger partial charge in [-0.2, -0.15) is 0 Å². The van der Waals surface area contributed by atoms with E-state index in [9.17, 15) is 21.9 Å². The number of phenols is 1. The summed E-state index contributed by atoms with van der Waals surface area (Å²) in [7, 11) is -7.78. The van der Waals surface area contributed by atoms with E-state index in [1.54, 1.807) is 36.4 Å². The molecule has 5 aromatic carbocycles. The zero-order chi connectivity index (χ0) is 28.6. The smallest absolute Gasteiger partial charge is 0.210 e. The lowest BCUT2D eigenvalue weighted by Crippen LogP contribution is -2.08. The molecule has 2 bridgehead atoms. The molecule has 41 heavy (non-hydrogen) atoms. The molecule has 0 fully saturated rings. The average Bonchev–Trinajstić information content (AvgIpc) is 3.05. The van der Waals surface area contributed by atoms with Gasteiger partial charge in [0.15, 0.2) is 11.5 Å². The number of ether oxygens (including phenoxy) is 2. The number of sulfone groups is 2. The lowest BCUT2D eigenvalue weighted by molar-refractivity contribution is 0.256. The normalized spacial score (nSPS) is 13.1. The van der Waals surface area contributed by atoms with Crippen molar-refractivity contribution >= 4 is 19.7 Å². The number of fused-ring (bicyclic) bond motifs is 3. The van der Waals surface area contributed by atoms with Gasteiger partial charge >= 0.3 is 0 Å². The first-order chi connectivity index (χ1) is 19.7. The molecule has 0 atom stereocenters. The molecule has 0 amide bonds. The molecule has 0 radical (unpaired) electrons. The third-order valence-corrected chi connectivity index (χ3v) is 10.4. The monoisotopic (exact) mass is 584 g/mol. The first-order valence-electron chi connectivity index (χ1n) is 12.7. The van der Waals surface area contributed by atoms with Crippen molar-refractivity contribution in [1.29, 1.82) is 0 Å². The van der Waals surface area contributed by atoms with E-state index >= 15 is 0 Å². The van der Waals surface area contributed by atoms with Gasteiger partial charge in [-0.05, 0) is 83.4 Å². The van der Waals surface area contributed by atoms with E-state index < -0.39 is 19.7 Å². The van der Waals surface area contributed by atoms with Crippen molar-refractivity contribution in [2.75, 3.05) is 0 Å². The molecule has 1 aliphatic heterocycles. The number of phenolic OH excluding ortho intramolecular Hbond substituents is 1. The van der Waals surface area contributed by atoms with Gasteiger partial charge in [0.2, 0.25) is 19.7 Å². The maximum atomic E-state index is 13.7. The van der Waals surface area contributed by atoms with Gasteiger partial charge in [0.05, 0.1) is 14.7 Å². The number of rotatable bonds is 5. The highest BCUT2D eigenvalue weighted by atomic mass is 32.2. The molecule has 0 saturated heterocycles. The Labute approximate surface area is 238 Å². The molecular formula is C32H24O7S2. The minimum atomic E-state index is -3.96. The summed E-state index contributed by atoms with van der Waals surface area (Å²) >= 11 is 0. The van der Waals surface area contributed by atoms with E-state index in [4.69, 9.17) is 9.47 Å². The molecule has 0 spiro atoms. The van der Waals surface area contributed by atoms with Gasteiger partial charge in [-0.15, -0.1) is 0 Å². The highest BCUT2D eigenvalue weighted by Gasteiger charge is 2.29. The van der Waals surface area contributed by atoms with Crippen LogP contribution in [0.15, 0.2) is 135 Å². The second-order valence-electron chi connectivity index (χ2n) is 9.51. The fourth-order valence-electron chi connectivity index (χ4n) is 4.69. The number of benzene rings is 5. The second-order valence-corrected chi connectivity index (χ2v) is 13.4. The molecule has 5 aromatic rings. The van der Waals surface area contributed by atoms with E-state index in [1.807, 2.05) is 24.3 Å². The molecule has 1 N–H and O–H groups in total. The van der Waals surface area contributed by atoms with Crippen LogP contribution in [0, 0.1) is 0 Å². The van der Waals surface area contributed by atoms with E-state index in [1.165, 1.54) is 54.6 Å². The van der Waals surface area contributed by atoms with Crippen LogP contribution in [0.2, 0.25) is 0 Å². The highest BCUT2D eigenvalue weighted by molar-refractivity contribution is 7.91. The predicted molar refractivity (Wildman–Crippen MR) is 152 cm³/mol. The second kappa shape index (κ2) is 10.4. The maximum absolute atomic E-state index is 13.7. The molecule has 6 rings (SSSR count). The summed E-state index contributed by atoms with van der Waals surface area (Å²) in [5.41, 5.74) is 2.94. The van der Waals surface area contributed by atoms with Gasteiger partial charge in [0, 0.05) is 5.56 Å². The zero-order valence-electron chi connectivity index (χ0n) is 21.6. The average molecular weight is 585 g/mol. The Balaban J connectivity index is 1.47. The molecule has 0 unspecified atom stereocenters. The van der Waals surface area contributed by atoms with Crippen molar-refractivity contribution in [1.82, 2.24) is 0 Å². The van der Waals surface area contributed by atoms with Gasteiger partial charge < -0.3 is 14.6 Å². The van der Waals surface area contributed by atoms with Crippen LogP contribution in [0.3, 0.4) is 0 Å². The molecule has 7 nitrogen and oxygen atoms in total. The van der Waals surface area contributed by atoms with Crippen molar-refractivity contribution < 1.29 is 31.4 Å². The molecule has 0 aromatic heterocycles. The molecule has 0 aliphatic carbocycles. The summed E-state index contributed by atoms with van der Waals surface area (Å²) in [5.74, 6) is 0.311. The largest absolute Gasteiger partial charge is 0.508 e. The summed E-state index contributed by atoms with van der Waals surface area (Å²) in [6.45, 7) is 0.314. The molecule has 1 heterocycles. The topological polar surface area (TPSA) is 107 Å². The Morgan fingerprint density at radius 1 is 0.537 bits per heavy atom. The lowest BCUT2D eigenvalue weighted by Gasteiger charge is -2.19. The number of hydrogen-bond donors (Lipinski definition) is 1. The summed E-state index contributed by atoms with van der Waals surface area (Å²) in [6.07, 6.45) is 0. The van der Waals surface area contributed by atoms with Gasteiger partial charge in [-0.3, -0.25) is 0 Å². The first-order valence-corrected chi connectivity index (χ1v) is 15.7. The van der Waals surface area contributed by atoms with Crippen LogP contribution in [0.5, 0.6) is 17.2 Å². The van der Waals surface area contributed by atoms with Gasteiger partial charge in [0.1, 0.15) is 23.9 Å². The van der Waals surface area contributed by atoms with Gasteiger partial charge in [-0.1, -0.05) is 48.5 Å². The standard InChI is InChI=1S/C32H24O7S2/c33-25-11-15-28(16-12-25)40(34,35)27-13-9-24(10-14-27)29-17-18-30(41(36,37)26-7-2-1-3-8-26)32-31(29)38-20-22-5-4-6-23(19-22)21-39-32/h1-19,33H,20-21H2. The summed E-state index contributed by atoms with van der Waals surface area (Å²) < 4.78 is 66.1. The SMILES string of the molecule is O=S(=O)(c1ccc(O)cc1)c1ccc(-c2ccc(S(=O)(=O)c3ccccc3)c3c2OCc2cccc(c2)CO3)cc1. The Morgan fingerprint density at radius 2 is 1.10 bits per heavy atom. The van der Waals surface area contributed by atoms with Crippen molar-refractivity contribution in [3.05, 3.63) is 126 Å². The van der Waals surface area contributed by atoms with Gasteiger partial charge in [-0.25, -0.2) is 16.8 Å². The van der Waals surface area contributed by atoms with Crippen LogP contribution in [-0.4, -0.2) is 21.9 Å². The fraction of sp³-hybridized carbons (Fsp3) is 0.0625. The molecular weight excluding hydrogens is 560 g/mol. The maximum Gasteiger partial charge on any atom is 0.210 e. The van der Waals surface area contributed by atoms with E-state index in [2.05, 4.69) is 0 Å². The highest BCUT2D eigenvalue weighted by Crippen LogP contribution is 2.45. The van der Waals surface area contributed by atoms with E-state index in [0.717, 1.165) is 11.1 Å².